The summed E-state index contributed by atoms with van der Waals surface area (Å²) in [6.45, 7) is 6.71. The second-order valence-electron chi connectivity index (χ2n) is 8.35. The van der Waals surface area contributed by atoms with Crippen molar-refractivity contribution in [3.05, 3.63) is 81.5 Å². The molecule has 0 saturated carbocycles. The van der Waals surface area contributed by atoms with Crippen molar-refractivity contribution in [2.45, 2.75) is 45.6 Å². The van der Waals surface area contributed by atoms with Gasteiger partial charge in [-0.25, -0.2) is 4.99 Å². The number of nitrogens with zero attached hydrogens (tertiary/aromatic N) is 3. The number of thiophene rings is 1. The zero-order chi connectivity index (χ0) is 24.0. The van der Waals surface area contributed by atoms with Crippen LogP contribution in [0.3, 0.4) is 0 Å². The average Bonchev–Trinajstić information content (AvgIpc) is 3.32. The standard InChI is InChI=1S/C27H30N4OS/c1-5-25(21-11-9-20(10-12-21)18(2)3)26(32)31(4)27(29)30-16-24-14-23(17-33-24)22-8-6-7-19(13-22)15-28/h6-14,17-18,25H,5,16H2,1-4H3,(H2,29,30)/t25-/m0/s1. The minimum atomic E-state index is -0.259. The number of carbonyl (C=O) groups is 1. The van der Waals surface area contributed by atoms with E-state index in [4.69, 9.17) is 11.0 Å². The van der Waals surface area contributed by atoms with Crippen LogP contribution >= 0.6 is 11.3 Å². The summed E-state index contributed by atoms with van der Waals surface area (Å²) >= 11 is 1.58. The molecule has 3 rings (SSSR count). The van der Waals surface area contributed by atoms with Crippen LogP contribution in [0, 0.1) is 11.3 Å². The Morgan fingerprint density at radius 3 is 2.45 bits per heavy atom. The molecular weight excluding hydrogens is 428 g/mol. The van der Waals surface area contributed by atoms with Gasteiger partial charge in [0, 0.05) is 11.9 Å². The van der Waals surface area contributed by atoms with E-state index in [9.17, 15) is 4.79 Å². The number of benzene rings is 2. The molecule has 3 aromatic rings. The maximum absolute atomic E-state index is 13.1. The van der Waals surface area contributed by atoms with Crippen molar-refractivity contribution in [2.75, 3.05) is 7.05 Å². The third-order valence-electron chi connectivity index (χ3n) is 5.76. The lowest BCUT2D eigenvalue weighted by Crippen LogP contribution is -2.41. The number of carbonyl (C=O) groups excluding carboxylic acids is 1. The molecule has 0 fully saturated rings. The van der Waals surface area contributed by atoms with E-state index in [0.29, 0.717) is 24.4 Å². The third-order valence-corrected chi connectivity index (χ3v) is 6.68. The highest BCUT2D eigenvalue weighted by molar-refractivity contribution is 7.10. The SMILES string of the molecule is CC[C@H](C(=O)N(C)C(N)=NCc1cc(-c2cccc(C#N)c2)cs1)c1ccc(C(C)C)cc1. The van der Waals surface area contributed by atoms with Gasteiger partial charge < -0.3 is 5.73 Å². The highest BCUT2D eigenvalue weighted by Crippen LogP contribution is 2.27. The second-order valence-corrected chi connectivity index (χ2v) is 9.34. The summed E-state index contributed by atoms with van der Waals surface area (Å²) in [5, 5.41) is 11.2. The predicted molar refractivity (Wildman–Crippen MR) is 136 cm³/mol. The zero-order valence-electron chi connectivity index (χ0n) is 19.6. The molecule has 5 nitrogen and oxygen atoms in total. The largest absolute Gasteiger partial charge is 0.369 e. The highest BCUT2D eigenvalue weighted by atomic mass is 32.1. The number of hydrogen-bond acceptors (Lipinski definition) is 4. The number of aliphatic imine (C=N–C) groups is 1. The molecule has 0 aliphatic rings. The van der Waals surface area contributed by atoms with Crippen LogP contribution in [0.1, 0.15) is 60.6 Å². The summed E-state index contributed by atoms with van der Waals surface area (Å²) in [4.78, 5) is 20.1. The Bertz CT molecular complexity index is 1170. The first kappa shape index (κ1) is 24.2. The maximum Gasteiger partial charge on any atom is 0.236 e. The molecule has 1 atom stereocenters. The fraction of sp³-hybridized carbons (Fsp3) is 0.296. The number of nitrogens with two attached hydrogens (primary N) is 1. The van der Waals surface area contributed by atoms with Gasteiger partial charge in [0.1, 0.15) is 0 Å². The molecule has 0 unspecified atom stereocenters. The first-order chi connectivity index (χ1) is 15.8. The smallest absolute Gasteiger partial charge is 0.236 e. The average molecular weight is 459 g/mol. The van der Waals surface area contributed by atoms with Crippen LogP contribution in [0.2, 0.25) is 0 Å². The molecule has 1 amide bonds. The lowest BCUT2D eigenvalue weighted by atomic mass is 9.92. The molecule has 0 bridgehead atoms. The predicted octanol–water partition coefficient (Wildman–Crippen LogP) is 5.88. The van der Waals surface area contributed by atoms with Gasteiger partial charge in [-0.2, -0.15) is 5.26 Å². The number of nitriles is 1. The van der Waals surface area contributed by atoms with E-state index in [1.165, 1.54) is 10.5 Å². The summed E-state index contributed by atoms with van der Waals surface area (Å²) in [6, 6.07) is 20.0. The van der Waals surface area contributed by atoms with Crippen LogP contribution < -0.4 is 5.73 Å². The molecular formula is C27H30N4OS. The molecule has 2 aromatic carbocycles. The lowest BCUT2D eigenvalue weighted by Gasteiger charge is -2.23. The maximum atomic E-state index is 13.1. The minimum Gasteiger partial charge on any atom is -0.369 e. The topological polar surface area (TPSA) is 82.5 Å². The summed E-state index contributed by atoms with van der Waals surface area (Å²) in [5.74, 6) is 0.342. The van der Waals surface area contributed by atoms with Gasteiger partial charge >= 0.3 is 0 Å². The van der Waals surface area contributed by atoms with Crippen LogP contribution in [0.4, 0.5) is 0 Å². The molecule has 33 heavy (non-hydrogen) atoms. The van der Waals surface area contributed by atoms with Crippen molar-refractivity contribution >= 4 is 23.2 Å². The van der Waals surface area contributed by atoms with Crippen molar-refractivity contribution in [3.8, 4) is 17.2 Å². The summed E-state index contributed by atoms with van der Waals surface area (Å²) in [6.07, 6.45) is 0.688. The first-order valence-corrected chi connectivity index (χ1v) is 12.0. The van der Waals surface area contributed by atoms with E-state index in [-0.39, 0.29) is 17.8 Å². The molecule has 0 radical (unpaired) electrons. The van der Waals surface area contributed by atoms with E-state index < -0.39 is 0 Å². The van der Waals surface area contributed by atoms with Crippen LogP contribution in [0.5, 0.6) is 0 Å². The number of hydrogen-bond donors (Lipinski definition) is 1. The molecule has 2 N–H and O–H groups in total. The lowest BCUT2D eigenvalue weighted by molar-refractivity contribution is -0.128. The van der Waals surface area contributed by atoms with Gasteiger partial charge in [0.05, 0.1) is 24.1 Å². The molecule has 0 aliphatic heterocycles. The Morgan fingerprint density at radius 1 is 1.12 bits per heavy atom. The van der Waals surface area contributed by atoms with Gasteiger partial charge in [-0.15, -0.1) is 11.3 Å². The van der Waals surface area contributed by atoms with E-state index >= 15 is 0 Å². The van der Waals surface area contributed by atoms with Crippen LogP contribution in [-0.2, 0) is 11.3 Å². The molecule has 6 heteroatoms. The zero-order valence-corrected chi connectivity index (χ0v) is 20.4. The van der Waals surface area contributed by atoms with Gasteiger partial charge in [-0.05, 0) is 58.2 Å². The third kappa shape index (κ3) is 5.88. The Kier molecular flexibility index (Phi) is 8.02. The van der Waals surface area contributed by atoms with Gasteiger partial charge in [0.15, 0.2) is 5.96 Å². The van der Waals surface area contributed by atoms with Crippen molar-refractivity contribution in [1.82, 2.24) is 4.90 Å². The number of amides is 1. The van der Waals surface area contributed by atoms with Crippen molar-refractivity contribution in [1.29, 1.82) is 5.26 Å². The fourth-order valence-electron chi connectivity index (χ4n) is 3.66. The van der Waals surface area contributed by atoms with Crippen molar-refractivity contribution in [2.24, 2.45) is 10.7 Å². The Morgan fingerprint density at radius 2 is 1.82 bits per heavy atom. The Hall–Kier alpha value is -3.43. The fourth-order valence-corrected chi connectivity index (χ4v) is 4.48. The van der Waals surface area contributed by atoms with Gasteiger partial charge in [0.25, 0.3) is 0 Å². The molecule has 0 spiro atoms. The van der Waals surface area contributed by atoms with Crippen LogP contribution in [0.15, 0.2) is 65.0 Å². The highest BCUT2D eigenvalue weighted by Gasteiger charge is 2.24. The molecule has 1 aromatic heterocycles. The number of likely N-dealkylation sites (N-methyl/N-ethyl adjacent to an activating group) is 1. The summed E-state index contributed by atoms with van der Waals surface area (Å²) in [5.41, 5.74) is 11.1. The van der Waals surface area contributed by atoms with Gasteiger partial charge in [0.2, 0.25) is 5.91 Å². The second kappa shape index (κ2) is 10.9. The summed E-state index contributed by atoms with van der Waals surface area (Å²) < 4.78 is 0. The number of rotatable bonds is 7. The van der Waals surface area contributed by atoms with Gasteiger partial charge in [-0.3, -0.25) is 9.69 Å². The summed E-state index contributed by atoms with van der Waals surface area (Å²) in [7, 11) is 1.68. The molecule has 170 valence electrons. The Labute approximate surface area is 200 Å². The normalized spacial score (nSPS) is 12.4. The van der Waals surface area contributed by atoms with E-state index in [0.717, 1.165) is 21.6 Å². The quantitative estimate of drug-likeness (QED) is 0.355. The molecule has 0 aliphatic carbocycles. The molecule has 1 heterocycles. The van der Waals surface area contributed by atoms with E-state index in [1.807, 2.05) is 48.7 Å². The van der Waals surface area contributed by atoms with Crippen molar-refractivity contribution in [3.63, 3.8) is 0 Å². The Balaban J connectivity index is 1.69. The van der Waals surface area contributed by atoms with Crippen molar-refractivity contribution < 1.29 is 4.79 Å². The van der Waals surface area contributed by atoms with Crippen LogP contribution in [-0.4, -0.2) is 23.8 Å². The van der Waals surface area contributed by atoms with Gasteiger partial charge in [-0.1, -0.05) is 57.2 Å². The first-order valence-electron chi connectivity index (χ1n) is 11.1. The minimum absolute atomic E-state index is 0.0590. The number of guanidine groups is 1. The van der Waals surface area contributed by atoms with E-state index in [1.54, 1.807) is 24.5 Å². The van der Waals surface area contributed by atoms with Crippen LogP contribution in [0.25, 0.3) is 11.1 Å². The molecule has 0 saturated heterocycles. The van der Waals surface area contributed by atoms with E-state index in [2.05, 4.69) is 37.0 Å². The monoisotopic (exact) mass is 458 g/mol.